The van der Waals surface area contributed by atoms with Gasteiger partial charge in [0, 0.05) is 37.8 Å². The van der Waals surface area contributed by atoms with E-state index in [-0.39, 0.29) is 0 Å². The van der Waals surface area contributed by atoms with Gasteiger partial charge in [-0.2, -0.15) is 5.10 Å². The third-order valence-electron chi connectivity index (χ3n) is 4.04. The van der Waals surface area contributed by atoms with Gasteiger partial charge >= 0.3 is 0 Å². The van der Waals surface area contributed by atoms with E-state index in [1.54, 1.807) is 11.8 Å². The predicted molar refractivity (Wildman–Crippen MR) is 71.0 cm³/mol. The van der Waals surface area contributed by atoms with Gasteiger partial charge in [0.2, 0.25) is 5.88 Å². The third kappa shape index (κ3) is 2.19. The summed E-state index contributed by atoms with van der Waals surface area (Å²) in [6, 6.07) is 4.02. The molecule has 3 rings (SSSR count). The molecule has 1 aromatic rings. The van der Waals surface area contributed by atoms with Gasteiger partial charge in [-0.25, -0.2) is 4.68 Å². The van der Waals surface area contributed by atoms with Crippen LogP contribution in [0.15, 0.2) is 6.07 Å². The molecule has 1 saturated carbocycles. The Kier molecular flexibility index (Phi) is 2.93. The number of nitrogens with zero attached hydrogens (tertiary/aromatic N) is 3. The number of methoxy groups -OCH3 is 1. The van der Waals surface area contributed by atoms with Gasteiger partial charge in [0.25, 0.3) is 0 Å². The van der Waals surface area contributed by atoms with Crippen molar-refractivity contribution in [1.29, 1.82) is 0 Å². The molecule has 1 saturated heterocycles. The lowest BCUT2D eigenvalue weighted by Gasteiger charge is -2.19. The molecule has 1 N–H and O–H groups in total. The zero-order chi connectivity index (χ0) is 12.7. The lowest BCUT2D eigenvalue weighted by Crippen LogP contribution is -2.31. The van der Waals surface area contributed by atoms with Crippen LogP contribution in [0.3, 0.4) is 0 Å². The van der Waals surface area contributed by atoms with Gasteiger partial charge < -0.3 is 10.1 Å². The predicted octanol–water partition coefficient (Wildman–Crippen LogP) is 1.47. The van der Waals surface area contributed by atoms with Crippen LogP contribution >= 0.6 is 0 Å². The summed E-state index contributed by atoms with van der Waals surface area (Å²) in [5.41, 5.74) is 0. The largest absolute Gasteiger partial charge is 0.481 e. The monoisotopic (exact) mass is 250 g/mol. The molecule has 2 aliphatic rings. The fourth-order valence-electron chi connectivity index (χ4n) is 3.00. The SMILES string of the molecule is COc1cc(NC2CC(C)N(C3CC3)C2)nn1C. The molecule has 0 bridgehead atoms. The number of likely N-dealkylation sites (tertiary alicyclic amines) is 1. The van der Waals surface area contributed by atoms with Gasteiger partial charge in [0.1, 0.15) is 0 Å². The van der Waals surface area contributed by atoms with Gasteiger partial charge in [0.05, 0.1) is 7.11 Å². The quantitative estimate of drug-likeness (QED) is 0.878. The van der Waals surface area contributed by atoms with Crippen LogP contribution in [-0.2, 0) is 7.05 Å². The summed E-state index contributed by atoms with van der Waals surface area (Å²) < 4.78 is 6.99. The van der Waals surface area contributed by atoms with Crippen molar-refractivity contribution in [3.8, 4) is 5.88 Å². The Hall–Kier alpha value is -1.23. The van der Waals surface area contributed by atoms with E-state index >= 15 is 0 Å². The molecular formula is C13H22N4O. The first-order valence-corrected chi connectivity index (χ1v) is 6.77. The second kappa shape index (κ2) is 4.46. The molecule has 5 heteroatoms. The molecule has 0 amide bonds. The second-order valence-corrected chi connectivity index (χ2v) is 5.55. The van der Waals surface area contributed by atoms with Crippen LogP contribution in [0.25, 0.3) is 0 Å². The number of aryl methyl sites for hydroxylation is 1. The van der Waals surface area contributed by atoms with E-state index < -0.39 is 0 Å². The lowest BCUT2D eigenvalue weighted by atomic mass is 10.2. The van der Waals surface area contributed by atoms with Crippen LogP contribution in [0.1, 0.15) is 26.2 Å². The fourth-order valence-corrected chi connectivity index (χ4v) is 3.00. The molecule has 5 nitrogen and oxygen atoms in total. The highest BCUT2D eigenvalue weighted by molar-refractivity contribution is 5.40. The summed E-state index contributed by atoms with van der Waals surface area (Å²) in [6.07, 6.45) is 3.97. The average molecular weight is 250 g/mol. The first-order valence-electron chi connectivity index (χ1n) is 6.77. The molecule has 0 spiro atoms. The standard InChI is InChI=1S/C13H22N4O/c1-9-6-10(8-17(9)11-4-5-11)14-12-7-13(18-3)16(2)15-12/h7,9-11H,4-6,8H2,1-3H3,(H,14,15). The normalized spacial score (nSPS) is 28.6. The third-order valence-corrected chi connectivity index (χ3v) is 4.04. The van der Waals surface area contributed by atoms with E-state index in [0.29, 0.717) is 12.1 Å². The highest BCUT2D eigenvalue weighted by Gasteiger charge is 2.38. The molecule has 1 aliphatic carbocycles. The summed E-state index contributed by atoms with van der Waals surface area (Å²) in [4.78, 5) is 2.64. The number of hydrogen-bond acceptors (Lipinski definition) is 4. The Morgan fingerprint density at radius 3 is 2.83 bits per heavy atom. The van der Waals surface area contributed by atoms with E-state index in [1.165, 1.54) is 19.3 Å². The summed E-state index contributed by atoms with van der Waals surface area (Å²) in [6.45, 7) is 3.48. The number of aromatic nitrogens is 2. The number of ether oxygens (including phenoxy) is 1. The highest BCUT2D eigenvalue weighted by atomic mass is 16.5. The second-order valence-electron chi connectivity index (χ2n) is 5.55. The average Bonchev–Trinajstić information content (AvgIpc) is 3.02. The van der Waals surface area contributed by atoms with Crippen molar-refractivity contribution in [2.45, 2.75) is 44.3 Å². The van der Waals surface area contributed by atoms with E-state index in [0.717, 1.165) is 24.3 Å². The van der Waals surface area contributed by atoms with Crippen molar-refractivity contribution in [2.24, 2.45) is 7.05 Å². The van der Waals surface area contributed by atoms with E-state index in [1.807, 2.05) is 13.1 Å². The van der Waals surface area contributed by atoms with E-state index in [4.69, 9.17) is 4.74 Å². The number of hydrogen-bond donors (Lipinski definition) is 1. The maximum atomic E-state index is 5.23. The molecule has 2 atom stereocenters. The van der Waals surface area contributed by atoms with Crippen molar-refractivity contribution in [3.05, 3.63) is 6.07 Å². The van der Waals surface area contributed by atoms with Gasteiger partial charge in [-0.3, -0.25) is 4.90 Å². The van der Waals surface area contributed by atoms with Crippen LogP contribution in [0.2, 0.25) is 0 Å². The van der Waals surface area contributed by atoms with Gasteiger partial charge in [0.15, 0.2) is 5.82 Å². The Bertz CT molecular complexity index is 427. The van der Waals surface area contributed by atoms with Crippen molar-refractivity contribution in [1.82, 2.24) is 14.7 Å². The number of rotatable bonds is 4. The maximum absolute atomic E-state index is 5.23. The zero-order valence-corrected chi connectivity index (χ0v) is 11.4. The molecule has 18 heavy (non-hydrogen) atoms. The topological polar surface area (TPSA) is 42.3 Å². The summed E-state index contributed by atoms with van der Waals surface area (Å²) in [5.74, 6) is 1.71. The summed E-state index contributed by atoms with van der Waals surface area (Å²) in [7, 11) is 3.57. The van der Waals surface area contributed by atoms with E-state index in [2.05, 4.69) is 22.2 Å². The summed E-state index contributed by atoms with van der Waals surface area (Å²) in [5, 5.41) is 7.94. The molecule has 2 unspecified atom stereocenters. The Labute approximate surface area is 108 Å². The molecule has 1 aliphatic heterocycles. The smallest absolute Gasteiger partial charge is 0.213 e. The maximum Gasteiger partial charge on any atom is 0.213 e. The van der Waals surface area contributed by atoms with Crippen molar-refractivity contribution in [2.75, 3.05) is 19.0 Å². The molecule has 1 aromatic heterocycles. The Balaban J connectivity index is 1.62. The molecule has 2 heterocycles. The fraction of sp³-hybridized carbons (Fsp3) is 0.769. The highest BCUT2D eigenvalue weighted by Crippen LogP contribution is 2.34. The van der Waals surface area contributed by atoms with Crippen LogP contribution in [0.5, 0.6) is 5.88 Å². The summed E-state index contributed by atoms with van der Waals surface area (Å²) >= 11 is 0. The lowest BCUT2D eigenvalue weighted by molar-refractivity contribution is 0.257. The molecule has 2 fully saturated rings. The minimum absolute atomic E-state index is 0.514. The van der Waals surface area contributed by atoms with Crippen molar-refractivity contribution < 1.29 is 4.74 Å². The van der Waals surface area contributed by atoms with Gasteiger partial charge in [-0.1, -0.05) is 0 Å². The Morgan fingerprint density at radius 1 is 1.44 bits per heavy atom. The van der Waals surface area contributed by atoms with Crippen LogP contribution in [-0.4, -0.2) is 46.5 Å². The van der Waals surface area contributed by atoms with Gasteiger partial charge in [-0.05, 0) is 26.2 Å². The molecule has 0 aromatic carbocycles. The van der Waals surface area contributed by atoms with Crippen molar-refractivity contribution in [3.63, 3.8) is 0 Å². The Morgan fingerprint density at radius 2 is 2.22 bits per heavy atom. The van der Waals surface area contributed by atoms with E-state index in [9.17, 15) is 0 Å². The first-order chi connectivity index (χ1) is 8.67. The minimum atomic E-state index is 0.514. The van der Waals surface area contributed by atoms with Crippen LogP contribution in [0, 0.1) is 0 Å². The molecule has 100 valence electrons. The van der Waals surface area contributed by atoms with Gasteiger partial charge in [-0.15, -0.1) is 0 Å². The molecular weight excluding hydrogens is 228 g/mol. The first kappa shape index (κ1) is 11.8. The minimum Gasteiger partial charge on any atom is -0.481 e. The number of nitrogens with one attached hydrogen (secondary N) is 1. The van der Waals surface area contributed by atoms with Crippen LogP contribution in [0.4, 0.5) is 5.82 Å². The van der Waals surface area contributed by atoms with Crippen LogP contribution < -0.4 is 10.1 Å². The zero-order valence-electron chi connectivity index (χ0n) is 11.4. The van der Waals surface area contributed by atoms with Crippen molar-refractivity contribution >= 4 is 5.82 Å². The number of anilines is 1. The molecule has 0 radical (unpaired) electrons.